The molecule has 5 heteroatoms. The summed E-state index contributed by atoms with van der Waals surface area (Å²) in [5.41, 5.74) is 2.91. The zero-order chi connectivity index (χ0) is 16.0. The summed E-state index contributed by atoms with van der Waals surface area (Å²) >= 11 is 1.77. The van der Waals surface area contributed by atoms with E-state index in [0.29, 0.717) is 5.92 Å². The van der Waals surface area contributed by atoms with Gasteiger partial charge in [-0.25, -0.2) is 4.98 Å². The fourth-order valence-electron chi connectivity index (χ4n) is 3.40. The molecule has 4 rings (SSSR count). The van der Waals surface area contributed by atoms with Crippen molar-refractivity contribution in [3.05, 3.63) is 45.4 Å². The summed E-state index contributed by atoms with van der Waals surface area (Å²) in [7, 11) is 0. The summed E-state index contributed by atoms with van der Waals surface area (Å²) in [4.78, 5) is 21.2. The van der Waals surface area contributed by atoms with Gasteiger partial charge in [0, 0.05) is 17.1 Å². The number of nitrogens with one attached hydrogen (secondary N) is 1. The second kappa shape index (κ2) is 5.64. The Balaban J connectivity index is 1.74. The number of aromatic nitrogens is 1. The normalized spacial score (nSPS) is 19.7. The summed E-state index contributed by atoms with van der Waals surface area (Å²) in [6, 6.07) is 7.77. The van der Waals surface area contributed by atoms with E-state index in [1.165, 1.54) is 17.0 Å². The van der Waals surface area contributed by atoms with E-state index < -0.39 is 0 Å². The SMILES string of the molecule is CC(C)CN1C(=O)c2ccccc2N[C@H]1c1nc2c(s1)CCC2. The average molecular weight is 327 g/mol. The maximum absolute atomic E-state index is 13.0. The number of rotatable bonds is 3. The minimum atomic E-state index is -0.143. The van der Waals surface area contributed by atoms with Gasteiger partial charge in [-0.15, -0.1) is 11.3 Å². The van der Waals surface area contributed by atoms with Gasteiger partial charge in [-0.1, -0.05) is 26.0 Å². The average Bonchev–Trinajstić information content (AvgIpc) is 3.11. The molecule has 2 aliphatic rings. The van der Waals surface area contributed by atoms with Crippen LogP contribution in [0.4, 0.5) is 5.69 Å². The second-order valence-corrected chi connectivity index (χ2v) is 7.83. The van der Waals surface area contributed by atoms with Crippen LogP contribution < -0.4 is 5.32 Å². The number of thiazole rings is 1. The fourth-order valence-corrected chi connectivity index (χ4v) is 4.61. The van der Waals surface area contributed by atoms with Crippen molar-refractivity contribution in [1.29, 1.82) is 0 Å². The van der Waals surface area contributed by atoms with Crippen molar-refractivity contribution in [2.45, 2.75) is 39.3 Å². The van der Waals surface area contributed by atoms with Gasteiger partial charge in [0.05, 0.1) is 11.3 Å². The van der Waals surface area contributed by atoms with Crippen molar-refractivity contribution in [2.75, 3.05) is 11.9 Å². The summed E-state index contributed by atoms with van der Waals surface area (Å²) in [6.45, 7) is 5.02. The summed E-state index contributed by atoms with van der Waals surface area (Å²) in [5, 5.41) is 4.57. The highest BCUT2D eigenvalue weighted by atomic mass is 32.1. The topological polar surface area (TPSA) is 45.2 Å². The number of carbonyl (C=O) groups is 1. The molecule has 0 saturated carbocycles. The maximum atomic E-state index is 13.0. The zero-order valence-corrected chi connectivity index (χ0v) is 14.3. The smallest absolute Gasteiger partial charge is 0.257 e. The van der Waals surface area contributed by atoms with E-state index in [0.717, 1.165) is 35.6 Å². The highest BCUT2D eigenvalue weighted by molar-refractivity contribution is 7.11. The predicted molar refractivity (Wildman–Crippen MR) is 92.8 cm³/mol. The maximum Gasteiger partial charge on any atom is 0.257 e. The first kappa shape index (κ1) is 14.7. The van der Waals surface area contributed by atoms with Crippen LogP contribution >= 0.6 is 11.3 Å². The molecule has 1 N–H and O–H groups in total. The molecule has 4 nitrogen and oxygen atoms in total. The lowest BCUT2D eigenvalue weighted by atomic mass is 10.1. The Hall–Kier alpha value is -1.88. The van der Waals surface area contributed by atoms with E-state index in [4.69, 9.17) is 4.98 Å². The van der Waals surface area contributed by atoms with Gasteiger partial charge in [0.15, 0.2) is 6.17 Å². The molecule has 0 fully saturated rings. The van der Waals surface area contributed by atoms with E-state index in [1.807, 2.05) is 29.2 Å². The number of carbonyl (C=O) groups excluding carboxylic acids is 1. The monoisotopic (exact) mass is 327 g/mol. The molecule has 0 bridgehead atoms. The Bertz CT molecular complexity index is 731. The molecule has 1 aliphatic heterocycles. The van der Waals surface area contributed by atoms with Crippen molar-refractivity contribution in [3.63, 3.8) is 0 Å². The van der Waals surface area contributed by atoms with Crippen LogP contribution in [0.15, 0.2) is 24.3 Å². The predicted octanol–water partition coefficient (Wildman–Crippen LogP) is 3.85. The van der Waals surface area contributed by atoms with Gasteiger partial charge >= 0.3 is 0 Å². The second-order valence-electron chi connectivity index (χ2n) is 6.72. The van der Waals surface area contributed by atoms with E-state index in [1.54, 1.807) is 11.3 Å². The molecular weight excluding hydrogens is 306 g/mol. The van der Waals surface area contributed by atoms with Gasteiger partial charge in [0.25, 0.3) is 5.91 Å². The number of benzene rings is 1. The first-order valence-corrected chi connectivity index (χ1v) is 9.10. The summed E-state index contributed by atoms with van der Waals surface area (Å²) < 4.78 is 0. The van der Waals surface area contributed by atoms with Crippen molar-refractivity contribution >= 4 is 22.9 Å². The van der Waals surface area contributed by atoms with Crippen molar-refractivity contribution in [1.82, 2.24) is 9.88 Å². The first-order chi connectivity index (χ1) is 11.1. The van der Waals surface area contributed by atoms with E-state index in [2.05, 4.69) is 19.2 Å². The van der Waals surface area contributed by atoms with Crippen LogP contribution in [0, 0.1) is 5.92 Å². The summed E-state index contributed by atoms with van der Waals surface area (Å²) in [6.07, 6.45) is 3.28. The lowest BCUT2D eigenvalue weighted by molar-refractivity contribution is 0.0657. The molecule has 2 heterocycles. The lowest BCUT2D eigenvalue weighted by Gasteiger charge is -2.37. The van der Waals surface area contributed by atoms with Gasteiger partial charge in [0.2, 0.25) is 0 Å². The molecule has 0 spiro atoms. The van der Waals surface area contributed by atoms with Crippen LogP contribution in [0.25, 0.3) is 0 Å². The molecule has 0 radical (unpaired) electrons. The molecule has 1 aromatic heterocycles. The van der Waals surface area contributed by atoms with Crippen molar-refractivity contribution < 1.29 is 4.79 Å². The van der Waals surface area contributed by atoms with Gasteiger partial charge < -0.3 is 10.2 Å². The number of anilines is 1. The van der Waals surface area contributed by atoms with Gasteiger partial charge in [-0.2, -0.15) is 0 Å². The molecular formula is C18H21N3OS. The van der Waals surface area contributed by atoms with Crippen molar-refractivity contribution in [2.24, 2.45) is 5.92 Å². The van der Waals surface area contributed by atoms with Crippen LogP contribution in [0.5, 0.6) is 0 Å². The molecule has 1 atom stereocenters. The summed E-state index contributed by atoms with van der Waals surface area (Å²) in [5.74, 6) is 0.522. The standard InChI is InChI=1S/C18H21N3OS/c1-11(2)10-21-16(17-20-14-8-5-9-15(14)23-17)19-13-7-4-3-6-12(13)18(21)22/h3-4,6-7,11,16,19H,5,8-10H2,1-2H3/t16-/m1/s1. The number of aryl methyl sites for hydroxylation is 2. The third-order valence-electron chi connectivity index (χ3n) is 4.43. The third-order valence-corrected chi connectivity index (χ3v) is 5.64. The van der Waals surface area contributed by atoms with Gasteiger partial charge in [-0.05, 0) is 37.3 Å². The molecule has 1 aromatic carbocycles. The molecule has 0 unspecified atom stereocenters. The third kappa shape index (κ3) is 2.53. The first-order valence-electron chi connectivity index (χ1n) is 8.28. The molecule has 120 valence electrons. The van der Waals surface area contributed by atoms with Crippen LogP contribution in [-0.2, 0) is 12.8 Å². The van der Waals surface area contributed by atoms with Crippen LogP contribution in [0.1, 0.15) is 52.4 Å². The van der Waals surface area contributed by atoms with Gasteiger partial charge in [-0.3, -0.25) is 4.79 Å². The van der Waals surface area contributed by atoms with E-state index >= 15 is 0 Å². The van der Waals surface area contributed by atoms with E-state index in [-0.39, 0.29) is 12.1 Å². The number of hydrogen-bond acceptors (Lipinski definition) is 4. The van der Waals surface area contributed by atoms with Crippen LogP contribution in [0.3, 0.4) is 0 Å². The quantitative estimate of drug-likeness (QED) is 0.931. The number of amides is 1. The number of para-hydroxylation sites is 1. The zero-order valence-electron chi connectivity index (χ0n) is 13.5. The number of hydrogen-bond donors (Lipinski definition) is 1. The Morgan fingerprint density at radius 3 is 2.96 bits per heavy atom. The molecule has 23 heavy (non-hydrogen) atoms. The Morgan fingerprint density at radius 1 is 1.35 bits per heavy atom. The molecule has 1 aliphatic carbocycles. The van der Waals surface area contributed by atoms with E-state index in [9.17, 15) is 4.79 Å². The van der Waals surface area contributed by atoms with Crippen LogP contribution in [0.2, 0.25) is 0 Å². The molecule has 1 amide bonds. The van der Waals surface area contributed by atoms with Crippen molar-refractivity contribution in [3.8, 4) is 0 Å². The fraction of sp³-hybridized carbons (Fsp3) is 0.444. The Kier molecular flexibility index (Phi) is 3.60. The lowest BCUT2D eigenvalue weighted by Crippen LogP contribution is -2.44. The molecule has 2 aromatic rings. The molecule has 0 saturated heterocycles. The number of nitrogens with zero attached hydrogens (tertiary/aromatic N) is 2. The number of fused-ring (bicyclic) bond motifs is 2. The van der Waals surface area contributed by atoms with Crippen LogP contribution in [-0.4, -0.2) is 22.3 Å². The minimum Gasteiger partial charge on any atom is -0.359 e. The largest absolute Gasteiger partial charge is 0.359 e. The Labute approximate surface area is 140 Å². The minimum absolute atomic E-state index is 0.105. The highest BCUT2D eigenvalue weighted by Gasteiger charge is 2.35. The highest BCUT2D eigenvalue weighted by Crippen LogP contribution is 2.37. The van der Waals surface area contributed by atoms with Gasteiger partial charge in [0.1, 0.15) is 5.01 Å². The Morgan fingerprint density at radius 2 is 2.17 bits per heavy atom.